The Morgan fingerprint density at radius 2 is 1.54 bits per heavy atom. The van der Waals surface area contributed by atoms with Crippen molar-refractivity contribution in [3.05, 3.63) is 73.1 Å². The summed E-state index contributed by atoms with van der Waals surface area (Å²) in [5.41, 5.74) is 1.62. The Morgan fingerprint density at radius 3 is 2.21 bits per heavy atom. The number of carbonyl (C=O) groups is 2. The van der Waals surface area contributed by atoms with Gasteiger partial charge in [-0.25, -0.2) is 9.59 Å². The van der Waals surface area contributed by atoms with Crippen LogP contribution in [-0.2, 0) is 4.74 Å². The van der Waals surface area contributed by atoms with Gasteiger partial charge in [0, 0.05) is 23.3 Å². The van der Waals surface area contributed by atoms with Gasteiger partial charge in [-0.1, -0.05) is 6.07 Å². The van der Waals surface area contributed by atoms with Crippen LogP contribution in [0.1, 0.15) is 0 Å². The van der Waals surface area contributed by atoms with Crippen LogP contribution in [0, 0.1) is 0 Å². The minimum atomic E-state index is -0.588. The maximum absolute atomic E-state index is 12.2. The lowest BCUT2D eigenvalue weighted by atomic mass is 10.3. The zero-order valence-corrected chi connectivity index (χ0v) is 15.0. The van der Waals surface area contributed by atoms with E-state index in [4.69, 9.17) is 4.74 Å². The highest BCUT2D eigenvalue weighted by molar-refractivity contribution is 6.00. The van der Waals surface area contributed by atoms with E-state index in [0.717, 1.165) is 0 Å². The van der Waals surface area contributed by atoms with Gasteiger partial charge in [-0.15, -0.1) is 0 Å². The van der Waals surface area contributed by atoms with E-state index in [1.165, 1.54) is 7.11 Å². The molecule has 3 aromatic rings. The van der Waals surface area contributed by atoms with Crippen LogP contribution in [0.15, 0.2) is 73.1 Å². The fourth-order valence-corrected chi connectivity index (χ4v) is 2.29. The molecular formula is C20H18N4O4. The number of aromatic nitrogens is 1. The molecule has 0 spiro atoms. The molecule has 0 aliphatic heterocycles. The van der Waals surface area contributed by atoms with Gasteiger partial charge in [-0.05, 0) is 54.6 Å². The minimum absolute atomic E-state index is 0.420. The van der Waals surface area contributed by atoms with Crippen molar-refractivity contribution in [3.63, 3.8) is 0 Å². The summed E-state index contributed by atoms with van der Waals surface area (Å²) in [5.74, 6) is 1.25. The summed E-state index contributed by atoms with van der Waals surface area (Å²) in [5, 5.41) is 7.95. The van der Waals surface area contributed by atoms with Gasteiger partial charge in [0.15, 0.2) is 0 Å². The lowest BCUT2D eigenvalue weighted by Crippen LogP contribution is -2.19. The first-order chi connectivity index (χ1) is 13.6. The van der Waals surface area contributed by atoms with Crippen LogP contribution in [0.5, 0.6) is 11.5 Å². The Balaban J connectivity index is 1.56. The lowest BCUT2D eigenvalue weighted by Gasteiger charge is -2.10. The van der Waals surface area contributed by atoms with Crippen molar-refractivity contribution in [2.45, 2.75) is 0 Å². The Bertz CT molecular complexity index is 946. The third kappa shape index (κ3) is 5.46. The second-order valence-corrected chi connectivity index (χ2v) is 5.59. The topological polar surface area (TPSA) is 102 Å². The fourth-order valence-electron chi connectivity index (χ4n) is 2.29. The second kappa shape index (κ2) is 9.04. The molecule has 1 aromatic heterocycles. The van der Waals surface area contributed by atoms with E-state index in [9.17, 15) is 9.59 Å². The monoisotopic (exact) mass is 378 g/mol. The van der Waals surface area contributed by atoms with Crippen molar-refractivity contribution in [1.29, 1.82) is 0 Å². The standard InChI is InChI=1S/C20H18N4O4/c1-27-20(26)24-16-5-2-4-15(12-16)23-19(25)22-14-7-9-17(10-8-14)28-18-6-3-11-21-13-18/h2-13H,1H3,(H,24,26)(H2,22,23,25). The van der Waals surface area contributed by atoms with Crippen molar-refractivity contribution in [2.24, 2.45) is 0 Å². The summed E-state index contributed by atoms with van der Waals surface area (Å²) in [6, 6.07) is 16.8. The number of anilines is 3. The van der Waals surface area contributed by atoms with Gasteiger partial charge in [-0.2, -0.15) is 0 Å². The van der Waals surface area contributed by atoms with Crippen molar-refractivity contribution < 1.29 is 19.1 Å². The minimum Gasteiger partial charge on any atom is -0.456 e. The number of benzene rings is 2. The van der Waals surface area contributed by atoms with Gasteiger partial charge in [-0.3, -0.25) is 10.3 Å². The number of rotatable bonds is 5. The number of nitrogens with one attached hydrogen (secondary N) is 3. The molecule has 0 saturated carbocycles. The Hall–Kier alpha value is -4.07. The van der Waals surface area contributed by atoms with Gasteiger partial charge < -0.3 is 20.1 Å². The number of hydrogen-bond donors (Lipinski definition) is 3. The first kappa shape index (κ1) is 18.7. The molecule has 0 atom stereocenters. The predicted octanol–water partition coefficient (Wildman–Crippen LogP) is 4.70. The molecule has 3 N–H and O–H groups in total. The molecular weight excluding hydrogens is 360 g/mol. The maximum atomic E-state index is 12.2. The zero-order valence-electron chi connectivity index (χ0n) is 15.0. The van der Waals surface area contributed by atoms with E-state index >= 15 is 0 Å². The van der Waals surface area contributed by atoms with Crippen molar-refractivity contribution in [1.82, 2.24) is 4.98 Å². The van der Waals surface area contributed by atoms with Crippen LogP contribution in [0.25, 0.3) is 0 Å². The van der Waals surface area contributed by atoms with Crippen molar-refractivity contribution >= 4 is 29.2 Å². The van der Waals surface area contributed by atoms with E-state index in [1.807, 2.05) is 0 Å². The predicted molar refractivity (Wildman–Crippen MR) is 106 cm³/mol. The molecule has 2 aromatic carbocycles. The third-order valence-corrected chi connectivity index (χ3v) is 3.53. The van der Waals surface area contributed by atoms with Gasteiger partial charge in [0.1, 0.15) is 11.5 Å². The molecule has 3 rings (SSSR count). The van der Waals surface area contributed by atoms with Gasteiger partial charge in [0.2, 0.25) is 0 Å². The van der Waals surface area contributed by atoms with E-state index < -0.39 is 12.1 Å². The highest BCUT2D eigenvalue weighted by atomic mass is 16.5. The first-order valence-electron chi connectivity index (χ1n) is 8.33. The SMILES string of the molecule is COC(=O)Nc1cccc(NC(=O)Nc2ccc(Oc3cccnc3)cc2)c1. The van der Waals surface area contributed by atoms with Gasteiger partial charge in [0.25, 0.3) is 0 Å². The summed E-state index contributed by atoms with van der Waals surface area (Å²) < 4.78 is 10.2. The van der Waals surface area contributed by atoms with Crippen LogP contribution in [0.2, 0.25) is 0 Å². The molecule has 142 valence electrons. The third-order valence-electron chi connectivity index (χ3n) is 3.53. The highest BCUT2D eigenvalue weighted by Crippen LogP contribution is 2.22. The number of pyridine rings is 1. The number of hydrogen-bond acceptors (Lipinski definition) is 5. The Morgan fingerprint density at radius 1 is 0.821 bits per heavy atom. The van der Waals surface area contributed by atoms with Crippen LogP contribution in [0.3, 0.4) is 0 Å². The van der Waals surface area contributed by atoms with Gasteiger partial charge in [0.05, 0.1) is 13.3 Å². The summed E-state index contributed by atoms with van der Waals surface area (Å²) in [6.07, 6.45) is 2.69. The average molecular weight is 378 g/mol. The van der Waals surface area contributed by atoms with Gasteiger partial charge >= 0.3 is 12.1 Å². The summed E-state index contributed by atoms with van der Waals surface area (Å²) in [6.45, 7) is 0. The summed E-state index contributed by atoms with van der Waals surface area (Å²) >= 11 is 0. The zero-order chi connectivity index (χ0) is 19.8. The molecule has 0 unspecified atom stereocenters. The van der Waals surface area contributed by atoms with E-state index in [-0.39, 0.29) is 0 Å². The lowest BCUT2D eigenvalue weighted by molar-refractivity contribution is 0.187. The van der Waals surface area contributed by atoms with Crippen molar-refractivity contribution in [3.8, 4) is 11.5 Å². The molecule has 0 aliphatic carbocycles. The molecule has 8 heteroatoms. The van der Waals surface area contributed by atoms with Crippen LogP contribution in [-0.4, -0.2) is 24.2 Å². The Kier molecular flexibility index (Phi) is 6.04. The number of ether oxygens (including phenoxy) is 2. The molecule has 8 nitrogen and oxygen atoms in total. The quantitative estimate of drug-likeness (QED) is 0.597. The Labute approximate surface area is 161 Å². The molecule has 0 fully saturated rings. The molecule has 0 radical (unpaired) electrons. The largest absolute Gasteiger partial charge is 0.456 e. The normalized spacial score (nSPS) is 9.89. The van der Waals surface area contributed by atoms with E-state index in [2.05, 4.69) is 25.7 Å². The van der Waals surface area contributed by atoms with E-state index in [0.29, 0.717) is 28.6 Å². The number of carbonyl (C=O) groups excluding carboxylic acids is 2. The van der Waals surface area contributed by atoms with Crippen LogP contribution >= 0.6 is 0 Å². The molecule has 0 aliphatic rings. The number of urea groups is 1. The second-order valence-electron chi connectivity index (χ2n) is 5.59. The van der Waals surface area contributed by atoms with Crippen molar-refractivity contribution in [2.75, 3.05) is 23.1 Å². The fraction of sp³-hybridized carbons (Fsp3) is 0.0500. The molecule has 3 amide bonds. The molecule has 0 saturated heterocycles. The summed E-state index contributed by atoms with van der Waals surface area (Å²) in [7, 11) is 1.28. The van der Waals surface area contributed by atoms with E-state index in [1.54, 1.807) is 73.1 Å². The smallest absolute Gasteiger partial charge is 0.411 e. The number of amides is 3. The molecule has 28 heavy (non-hydrogen) atoms. The molecule has 0 bridgehead atoms. The molecule has 1 heterocycles. The number of methoxy groups -OCH3 is 1. The van der Waals surface area contributed by atoms with Crippen LogP contribution < -0.4 is 20.7 Å². The summed E-state index contributed by atoms with van der Waals surface area (Å²) in [4.78, 5) is 27.4. The van der Waals surface area contributed by atoms with Crippen LogP contribution in [0.4, 0.5) is 26.7 Å². The maximum Gasteiger partial charge on any atom is 0.411 e. The first-order valence-corrected chi connectivity index (χ1v) is 8.33. The number of nitrogens with zero attached hydrogens (tertiary/aromatic N) is 1. The highest BCUT2D eigenvalue weighted by Gasteiger charge is 2.06. The average Bonchev–Trinajstić information content (AvgIpc) is 2.70.